The van der Waals surface area contributed by atoms with E-state index in [0.717, 1.165) is 22.2 Å². The highest BCUT2D eigenvalue weighted by molar-refractivity contribution is 5.78. The second kappa shape index (κ2) is 6.91. The Kier molecular flexibility index (Phi) is 4.10. The number of H-pyrrole nitrogens is 1. The Morgan fingerprint density at radius 3 is 1.66 bits per heavy atom. The number of benzene rings is 3. The summed E-state index contributed by atoms with van der Waals surface area (Å²) in [5, 5.41) is 5.32. The number of rotatable bonds is 4. The third-order valence-corrected chi connectivity index (χ3v) is 5.40. The van der Waals surface area contributed by atoms with Gasteiger partial charge in [0.15, 0.2) is 0 Å². The van der Waals surface area contributed by atoms with E-state index in [4.69, 9.17) is 5.10 Å². The van der Waals surface area contributed by atoms with Crippen LogP contribution in [0.25, 0.3) is 10.9 Å². The van der Waals surface area contributed by atoms with E-state index >= 15 is 0 Å². The molecule has 0 saturated carbocycles. The van der Waals surface area contributed by atoms with Crippen molar-refractivity contribution in [2.24, 2.45) is 0 Å². The Balaban J connectivity index is 1.98. The monoisotopic (exact) mass is 377 g/mol. The summed E-state index contributed by atoms with van der Waals surface area (Å²) in [5.41, 5.74) is 3.13. The second-order valence-corrected chi connectivity index (χ2v) is 6.97. The van der Waals surface area contributed by atoms with Gasteiger partial charge in [0, 0.05) is 6.20 Å². The van der Waals surface area contributed by atoms with E-state index in [1.54, 1.807) is 12.4 Å². The summed E-state index contributed by atoms with van der Waals surface area (Å²) in [6, 6.07) is 32.8. The lowest BCUT2D eigenvalue weighted by molar-refractivity contribution is 0.476. The minimum absolute atomic E-state index is 0.142. The van der Waals surface area contributed by atoms with Crippen molar-refractivity contribution >= 4 is 10.9 Å². The van der Waals surface area contributed by atoms with Gasteiger partial charge in [0.2, 0.25) is 0 Å². The molecule has 5 aromatic rings. The zero-order chi connectivity index (χ0) is 19.7. The molecule has 0 amide bonds. The van der Waals surface area contributed by atoms with E-state index in [0.29, 0.717) is 5.39 Å². The number of hydrogen-bond acceptors (Lipinski definition) is 2. The van der Waals surface area contributed by atoms with Crippen molar-refractivity contribution in [3.05, 3.63) is 136 Å². The highest BCUT2D eigenvalue weighted by atomic mass is 16.1. The second-order valence-electron chi connectivity index (χ2n) is 6.97. The summed E-state index contributed by atoms with van der Waals surface area (Å²) < 4.78 is 1.97. The SMILES string of the molecule is O=c1[nH]ccc2c1cnn2C(c1ccccc1)(c1ccccc1)c1ccccc1. The Bertz CT molecular complexity index is 1210. The maximum absolute atomic E-state index is 12.4. The van der Waals surface area contributed by atoms with Crippen LogP contribution >= 0.6 is 0 Å². The van der Waals surface area contributed by atoms with Crippen molar-refractivity contribution in [3.8, 4) is 0 Å². The summed E-state index contributed by atoms with van der Waals surface area (Å²) in [6.45, 7) is 0. The van der Waals surface area contributed by atoms with Crippen molar-refractivity contribution < 1.29 is 0 Å². The molecule has 2 heterocycles. The average molecular weight is 377 g/mol. The number of nitrogens with one attached hydrogen (secondary N) is 1. The van der Waals surface area contributed by atoms with Gasteiger partial charge in [0.1, 0.15) is 5.54 Å². The minimum Gasteiger partial charge on any atom is -0.328 e. The lowest BCUT2D eigenvalue weighted by atomic mass is 9.77. The normalized spacial score (nSPS) is 11.6. The zero-order valence-electron chi connectivity index (χ0n) is 15.7. The van der Waals surface area contributed by atoms with Gasteiger partial charge >= 0.3 is 0 Å². The van der Waals surface area contributed by atoms with E-state index in [9.17, 15) is 4.79 Å². The summed E-state index contributed by atoms with van der Waals surface area (Å²) in [4.78, 5) is 15.2. The first kappa shape index (κ1) is 17.2. The molecule has 2 aromatic heterocycles. The minimum atomic E-state index is -0.723. The van der Waals surface area contributed by atoms with Crippen LogP contribution in [-0.4, -0.2) is 14.8 Å². The predicted molar refractivity (Wildman–Crippen MR) is 115 cm³/mol. The fourth-order valence-corrected chi connectivity index (χ4v) is 4.14. The van der Waals surface area contributed by atoms with Gasteiger partial charge in [-0.3, -0.25) is 4.79 Å². The molecule has 0 fully saturated rings. The summed E-state index contributed by atoms with van der Waals surface area (Å²) in [7, 11) is 0. The maximum atomic E-state index is 12.4. The van der Waals surface area contributed by atoms with Crippen LogP contribution in [0.2, 0.25) is 0 Å². The van der Waals surface area contributed by atoms with Crippen LogP contribution in [0.4, 0.5) is 0 Å². The van der Waals surface area contributed by atoms with Crippen molar-refractivity contribution in [1.82, 2.24) is 14.8 Å². The lowest BCUT2D eigenvalue weighted by Crippen LogP contribution is -2.38. The van der Waals surface area contributed by atoms with Crippen LogP contribution in [0.5, 0.6) is 0 Å². The summed E-state index contributed by atoms with van der Waals surface area (Å²) in [5.74, 6) is 0. The molecule has 0 aliphatic heterocycles. The Hall–Kier alpha value is -3.92. The molecule has 1 N–H and O–H groups in total. The van der Waals surface area contributed by atoms with Gasteiger partial charge in [0.25, 0.3) is 5.56 Å². The van der Waals surface area contributed by atoms with E-state index in [1.807, 2.05) is 65.3 Å². The lowest BCUT2D eigenvalue weighted by Gasteiger charge is -2.37. The number of hydrogen-bond donors (Lipinski definition) is 1. The van der Waals surface area contributed by atoms with Crippen LogP contribution in [-0.2, 0) is 5.54 Å². The van der Waals surface area contributed by atoms with E-state index in [1.165, 1.54) is 0 Å². The molecule has 5 rings (SSSR count). The smallest absolute Gasteiger partial charge is 0.259 e. The molecule has 0 spiro atoms. The topological polar surface area (TPSA) is 50.7 Å². The molecule has 3 aromatic carbocycles. The molecule has 0 unspecified atom stereocenters. The zero-order valence-corrected chi connectivity index (χ0v) is 15.7. The standard InChI is InChI=1S/C25H19N3O/c29-24-22-18-27-28(23(22)16-17-26-24)25(19-10-4-1-5-11-19,20-12-6-2-7-13-20)21-14-8-3-9-15-21/h1-18H,(H,26,29). The van der Waals surface area contributed by atoms with Gasteiger partial charge in [-0.1, -0.05) is 91.0 Å². The van der Waals surface area contributed by atoms with Gasteiger partial charge in [-0.15, -0.1) is 0 Å². The summed E-state index contributed by atoms with van der Waals surface area (Å²) in [6.07, 6.45) is 3.33. The highest BCUT2D eigenvalue weighted by Gasteiger charge is 2.40. The molecule has 29 heavy (non-hydrogen) atoms. The van der Waals surface area contributed by atoms with Crippen LogP contribution in [0.15, 0.2) is 114 Å². The van der Waals surface area contributed by atoms with Crippen LogP contribution in [0, 0.1) is 0 Å². The molecule has 4 nitrogen and oxygen atoms in total. The maximum Gasteiger partial charge on any atom is 0.259 e. The fraction of sp³-hybridized carbons (Fsp3) is 0.0400. The van der Waals surface area contributed by atoms with Crippen molar-refractivity contribution in [3.63, 3.8) is 0 Å². The third-order valence-electron chi connectivity index (χ3n) is 5.40. The van der Waals surface area contributed by atoms with Crippen molar-refractivity contribution in [2.45, 2.75) is 5.54 Å². The molecule has 0 radical (unpaired) electrons. The Morgan fingerprint density at radius 2 is 1.17 bits per heavy atom. The third kappa shape index (κ3) is 2.61. The van der Waals surface area contributed by atoms with Crippen molar-refractivity contribution in [2.75, 3.05) is 0 Å². The van der Waals surface area contributed by atoms with Crippen molar-refractivity contribution in [1.29, 1.82) is 0 Å². The number of pyridine rings is 1. The first-order valence-corrected chi connectivity index (χ1v) is 9.54. The van der Waals surface area contributed by atoms with Crippen LogP contribution < -0.4 is 5.56 Å². The number of fused-ring (bicyclic) bond motifs is 1. The molecule has 0 aliphatic carbocycles. The van der Waals surface area contributed by atoms with Gasteiger partial charge < -0.3 is 4.98 Å². The number of aromatic amines is 1. The highest BCUT2D eigenvalue weighted by Crippen LogP contribution is 2.41. The molecule has 140 valence electrons. The van der Waals surface area contributed by atoms with E-state index in [-0.39, 0.29) is 5.56 Å². The molecule has 0 saturated heterocycles. The molecule has 0 bridgehead atoms. The average Bonchev–Trinajstić information content (AvgIpc) is 3.23. The predicted octanol–water partition coefficient (Wildman–Crippen LogP) is 4.56. The summed E-state index contributed by atoms with van der Waals surface area (Å²) >= 11 is 0. The van der Waals surface area contributed by atoms with E-state index < -0.39 is 5.54 Å². The van der Waals surface area contributed by atoms with Gasteiger partial charge in [-0.25, -0.2) is 4.68 Å². The molecule has 4 heteroatoms. The quantitative estimate of drug-likeness (QED) is 0.467. The molecular weight excluding hydrogens is 358 g/mol. The molecule has 0 atom stereocenters. The first-order valence-electron chi connectivity index (χ1n) is 9.54. The Labute approximate surface area is 168 Å². The molecule has 0 aliphatic rings. The van der Waals surface area contributed by atoms with E-state index in [2.05, 4.69) is 41.4 Å². The molecular formula is C25H19N3O. The fourth-order valence-electron chi connectivity index (χ4n) is 4.14. The van der Waals surface area contributed by atoms with Gasteiger partial charge in [-0.05, 0) is 22.8 Å². The first-order chi connectivity index (χ1) is 14.3. The Morgan fingerprint density at radius 1 is 0.690 bits per heavy atom. The van der Waals surface area contributed by atoms with Gasteiger partial charge in [0.05, 0.1) is 17.1 Å². The number of nitrogens with zero attached hydrogens (tertiary/aromatic N) is 2. The van der Waals surface area contributed by atoms with Crippen LogP contribution in [0.3, 0.4) is 0 Å². The number of aromatic nitrogens is 3. The van der Waals surface area contributed by atoms with Gasteiger partial charge in [-0.2, -0.15) is 5.10 Å². The largest absolute Gasteiger partial charge is 0.328 e. The van der Waals surface area contributed by atoms with Crippen LogP contribution in [0.1, 0.15) is 16.7 Å².